The number of methoxy groups -OCH3 is 2. The Bertz CT molecular complexity index is 860. The molecule has 1 fully saturated rings. The zero-order chi connectivity index (χ0) is 20.1. The summed E-state index contributed by atoms with van der Waals surface area (Å²) in [6.45, 7) is 0.810. The number of urea groups is 1. The fourth-order valence-electron chi connectivity index (χ4n) is 3.18. The second-order valence-electron chi connectivity index (χ2n) is 6.29. The Hall–Kier alpha value is -2.74. The van der Waals surface area contributed by atoms with Gasteiger partial charge in [-0.15, -0.1) is 0 Å². The average Bonchev–Trinajstić information content (AvgIpc) is 2.91. The van der Waals surface area contributed by atoms with Crippen LogP contribution < -0.4 is 20.1 Å². The van der Waals surface area contributed by atoms with Gasteiger partial charge in [-0.2, -0.15) is 0 Å². The Morgan fingerprint density at radius 3 is 2.54 bits per heavy atom. The number of hydrogen-bond acceptors (Lipinski definition) is 4. The van der Waals surface area contributed by atoms with E-state index in [4.69, 9.17) is 9.47 Å². The maximum absolute atomic E-state index is 13.1. The van der Waals surface area contributed by atoms with Gasteiger partial charge in [0.15, 0.2) is 11.5 Å². The van der Waals surface area contributed by atoms with Gasteiger partial charge in [0, 0.05) is 29.7 Å². The molecule has 0 aromatic heterocycles. The fourth-order valence-corrected chi connectivity index (χ4v) is 3.60. The second-order valence-corrected chi connectivity index (χ2v) is 7.15. The molecule has 28 heavy (non-hydrogen) atoms. The molecule has 0 aliphatic carbocycles. The second kappa shape index (κ2) is 8.97. The predicted octanol–water partition coefficient (Wildman–Crippen LogP) is 3.56. The highest BCUT2D eigenvalue weighted by molar-refractivity contribution is 9.10. The van der Waals surface area contributed by atoms with Crippen molar-refractivity contribution in [1.29, 1.82) is 0 Å². The first-order valence-electron chi connectivity index (χ1n) is 8.84. The van der Waals surface area contributed by atoms with Gasteiger partial charge in [-0.05, 0) is 21.5 Å². The maximum atomic E-state index is 13.1. The topological polar surface area (TPSA) is 79.9 Å². The van der Waals surface area contributed by atoms with Gasteiger partial charge >= 0.3 is 6.03 Å². The third-order valence-electron chi connectivity index (χ3n) is 4.59. The van der Waals surface area contributed by atoms with E-state index in [1.807, 2.05) is 30.3 Å². The van der Waals surface area contributed by atoms with Crippen LogP contribution in [0, 0.1) is 0 Å². The van der Waals surface area contributed by atoms with E-state index in [1.54, 1.807) is 24.1 Å². The van der Waals surface area contributed by atoms with E-state index in [0.29, 0.717) is 34.7 Å². The van der Waals surface area contributed by atoms with E-state index in [1.165, 1.54) is 7.11 Å². The van der Waals surface area contributed by atoms with Gasteiger partial charge < -0.3 is 25.0 Å². The summed E-state index contributed by atoms with van der Waals surface area (Å²) in [4.78, 5) is 26.9. The number of carbonyl (C=O) groups excluding carboxylic acids is 2. The minimum Gasteiger partial charge on any atom is -0.493 e. The lowest BCUT2D eigenvalue weighted by atomic mass is 10.0. The number of carbonyl (C=O) groups is 2. The molecule has 0 bridgehead atoms. The first-order chi connectivity index (χ1) is 13.5. The molecule has 2 aromatic carbocycles. The van der Waals surface area contributed by atoms with Crippen LogP contribution in [-0.4, -0.2) is 44.1 Å². The molecule has 0 radical (unpaired) electrons. The zero-order valence-corrected chi connectivity index (χ0v) is 17.3. The Labute approximate surface area is 172 Å². The summed E-state index contributed by atoms with van der Waals surface area (Å²) in [6.07, 6.45) is 0.213. The number of nitrogens with zero attached hydrogens (tertiary/aromatic N) is 1. The Balaban J connectivity index is 1.88. The van der Waals surface area contributed by atoms with Crippen LogP contribution in [0.15, 0.2) is 46.9 Å². The quantitative estimate of drug-likeness (QED) is 0.750. The molecule has 0 saturated carbocycles. The number of amides is 3. The molecule has 1 saturated heterocycles. The van der Waals surface area contributed by atoms with Crippen molar-refractivity contribution in [3.05, 3.63) is 52.5 Å². The molecule has 3 amide bonds. The van der Waals surface area contributed by atoms with E-state index in [9.17, 15) is 9.59 Å². The first kappa shape index (κ1) is 20.0. The van der Waals surface area contributed by atoms with Crippen molar-refractivity contribution in [2.45, 2.75) is 12.5 Å². The standard InChI is InChI=1S/C20H22BrN3O4/c1-27-17-10-14(21)15(11-18(17)28-2)23-20(26)24-9-8-22-19(25)12-16(24)13-6-4-3-5-7-13/h3-7,10-11,16H,8-9,12H2,1-2H3,(H,22,25)(H,23,26)/t16-/m1/s1. The number of halogens is 1. The summed E-state index contributed by atoms with van der Waals surface area (Å²) >= 11 is 3.45. The van der Waals surface area contributed by atoms with Crippen LogP contribution in [0.3, 0.4) is 0 Å². The van der Waals surface area contributed by atoms with Crippen molar-refractivity contribution in [2.24, 2.45) is 0 Å². The Kier molecular flexibility index (Phi) is 6.41. The first-order valence-corrected chi connectivity index (χ1v) is 9.63. The molecule has 1 aliphatic heterocycles. The molecule has 1 heterocycles. The van der Waals surface area contributed by atoms with Crippen LogP contribution in [-0.2, 0) is 4.79 Å². The van der Waals surface area contributed by atoms with Gasteiger partial charge in [0.25, 0.3) is 0 Å². The minimum absolute atomic E-state index is 0.0727. The largest absolute Gasteiger partial charge is 0.493 e. The van der Waals surface area contributed by atoms with Gasteiger partial charge in [-0.1, -0.05) is 30.3 Å². The van der Waals surface area contributed by atoms with Crippen molar-refractivity contribution < 1.29 is 19.1 Å². The summed E-state index contributed by atoms with van der Waals surface area (Å²) in [6, 6.07) is 12.4. The highest BCUT2D eigenvalue weighted by Gasteiger charge is 2.30. The number of nitrogens with one attached hydrogen (secondary N) is 2. The van der Waals surface area contributed by atoms with E-state index < -0.39 is 0 Å². The van der Waals surface area contributed by atoms with Crippen molar-refractivity contribution >= 4 is 33.6 Å². The third-order valence-corrected chi connectivity index (χ3v) is 5.25. The highest BCUT2D eigenvalue weighted by Crippen LogP contribution is 2.37. The highest BCUT2D eigenvalue weighted by atomic mass is 79.9. The Morgan fingerprint density at radius 2 is 1.86 bits per heavy atom. The van der Waals surface area contributed by atoms with E-state index in [0.717, 1.165) is 5.56 Å². The molecule has 8 heteroatoms. The summed E-state index contributed by atoms with van der Waals surface area (Å²) in [5.41, 5.74) is 1.47. The molecule has 3 rings (SSSR count). The van der Waals surface area contributed by atoms with Crippen LogP contribution in [0.5, 0.6) is 11.5 Å². The molecular weight excluding hydrogens is 426 g/mol. The van der Waals surface area contributed by atoms with Gasteiger partial charge in [-0.25, -0.2) is 4.79 Å². The number of benzene rings is 2. The number of ether oxygens (including phenoxy) is 2. The lowest BCUT2D eigenvalue weighted by Gasteiger charge is -2.30. The van der Waals surface area contributed by atoms with Gasteiger partial charge in [0.2, 0.25) is 5.91 Å². The van der Waals surface area contributed by atoms with Crippen LogP contribution in [0.1, 0.15) is 18.0 Å². The molecule has 0 spiro atoms. The number of rotatable bonds is 4. The van der Waals surface area contributed by atoms with Crippen molar-refractivity contribution in [1.82, 2.24) is 10.2 Å². The maximum Gasteiger partial charge on any atom is 0.322 e. The van der Waals surface area contributed by atoms with Gasteiger partial charge in [-0.3, -0.25) is 4.79 Å². The third kappa shape index (κ3) is 4.39. The summed E-state index contributed by atoms with van der Waals surface area (Å²) < 4.78 is 11.3. The monoisotopic (exact) mass is 447 g/mol. The van der Waals surface area contributed by atoms with Crippen LogP contribution in [0.4, 0.5) is 10.5 Å². The van der Waals surface area contributed by atoms with Gasteiger partial charge in [0.1, 0.15) is 0 Å². The smallest absolute Gasteiger partial charge is 0.322 e. The molecule has 2 N–H and O–H groups in total. The van der Waals surface area contributed by atoms with Crippen LogP contribution in [0.2, 0.25) is 0 Å². The number of hydrogen-bond donors (Lipinski definition) is 2. The molecule has 7 nitrogen and oxygen atoms in total. The number of anilines is 1. The van der Waals surface area contributed by atoms with Crippen LogP contribution >= 0.6 is 15.9 Å². The van der Waals surface area contributed by atoms with Crippen LogP contribution in [0.25, 0.3) is 0 Å². The van der Waals surface area contributed by atoms with E-state index in [-0.39, 0.29) is 24.4 Å². The summed E-state index contributed by atoms with van der Waals surface area (Å²) in [7, 11) is 3.09. The Morgan fingerprint density at radius 1 is 1.18 bits per heavy atom. The molecule has 1 atom stereocenters. The van der Waals surface area contributed by atoms with E-state index >= 15 is 0 Å². The van der Waals surface area contributed by atoms with E-state index in [2.05, 4.69) is 26.6 Å². The molecule has 0 unspecified atom stereocenters. The SMILES string of the molecule is COc1cc(Br)c(NC(=O)N2CCNC(=O)C[C@@H]2c2ccccc2)cc1OC. The van der Waals surface area contributed by atoms with Gasteiger partial charge in [0.05, 0.1) is 32.4 Å². The van der Waals surface area contributed by atoms with Crippen molar-refractivity contribution in [3.63, 3.8) is 0 Å². The lowest BCUT2D eigenvalue weighted by molar-refractivity contribution is -0.121. The predicted molar refractivity (Wildman–Crippen MR) is 110 cm³/mol. The normalized spacial score (nSPS) is 16.8. The molecule has 2 aromatic rings. The molecule has 1 aliphatic rings. The summed E-state index contributed by atoms with van der Waals surface area (Å²) in [5, 5.41) is 5.75. The average molecular weight is 448 g/mol. The lowest BCUT2D eigenvalue weighted by Crippen LogP contribution is -2.39. The fraction of sp³-hybridized carbons (Fsp3) is 0.300. The molecule has 148 valence electrons. The van der Waals surface area contributed by atoms with Crippen molar-refractivity contribution in [2.75, 3.05) is 32.6 Å². The summed E-state index contributed by atoms with van der Waals surface area (Å²) in [5.74, 6) is 0.990. The molecular formula is C20H22BrN3O4. The minimum atomic E-state index is -0.345. The van der Waals surface area contributed by atoms with Crippen molar-refractivity contribution in [3.8, 4) is 11.5 Å². The zero-order valence-electron chi connectivity index (χ0n) is 15.7.